The van der Waals surface area contributed by atoms with Crippen molar-refractivity contribution in [1.82, 2.24) is 10.9 Å². The Bertz CT molecular complexity index is 265. The molecule has 0 unspecified atom stereocenters. The Kier molecular flexibility index (Phi) is 3.67. The molecule has 0 atom stereocenters. The molecule has 0 aliphatic rings. The van der Waals surface area contributed by atoms with Crippen molar-refractivity contribution >= 4 is 0 Å². The van der Waals surface area contributed by atoms with Crippen molar-refractivity contribution in [2.75, 3.05) is 0 Å². The molecule has 0 saturated carbocycles. The predicted octanol–water partition coefficient (Wildman–Crippen LogP) is 2.42. The van der Waals surface area contributed by atoms with E-state index in [4.69, 9.17) is 0 Å². The average Bonchev–Trinajstić information content (AvgIpc) is 2.16. The summed E-state index contributed by atoms with van der Waals surface area (Å²) in [5.41, 5.74) is 7.81. The van der Waals surface area contributed by atoms with Gasteiger partial charge >= 0.3 is 0 Å². The van der Waals surface area contributed by atoms with Crippen molar-refractivity contribution in [2.24, 2.45) is 0 Å². The van der Waals surface area contributed by atoms with E-state index in [2.05, 4.69) is 62.8 Å². The lowest BCUT2D eigenvalue weighted by Gasteiger charge is -2.28. The van der Waals surface area contributed by atoms with Crippen LogP contribution in [0.4, 0.5) is 0 Å². The van der Waals surface area contributed by atoms with Gasteiger partial charge in [0.2, 0.25) is 0 Å². The van der Waals surface area contributed by atoms with Crippen LogP contribution in [0.2, 0.25) is 0 Å². The first-order chi connectivity index (χ1) is 6.52. The summed E-state index contributed by atoms with van der Waals surface area (Å²) < 4.78 is 0. The molecule has 0 aliphatic heterocycles. The van der Waals surface area contributed by atoms with Gasteiger partial charge in [0.25, 0.3) is 0 Å². The number of hydrazine groups is 1. The third-order valence-corrected chi connectivity index (χ3v) is 2.17. The first kappa shape index (κ1) is 11.2. The number of nitrogens with one attached hydrogen (secondary N) is 2. The largest absolute Gasteiger partial charge is 0.255 e. The summed E-state index contributed by atoms with van der Waals surface area (Å²) in [5, 5.41) is 0. The molecule has 0 aromatic heterocycles. The summed E-state index contributed by atoms with van der Waals surface area (Å²) in [6.45, 7) is 8.57. The Morgan fingerprint density at radius 1 is 1.07 bits per heavy atom. The number of hydrogen-bond donors (Lipinski definition) is 2. The van der Waals surface area contributed by atoms with Crippen LogP contribution < -0.4 is 10.9 Å². The molecule has 78 valence electrons. The van der Waals surface area contributed by atoms with Gasteiger partial charge in [-0.3, -0.25) is 5.43 Å². The second-order valence-corrected chi connectivity index (χ2v) is 4.42. The Morgan fingerprint density at radius 3 is 2.14 bits per heavy atom. The van der Waals surface area contributed by atoms with Crippen LogP contribution in [0.15, 0.2) is 30.3 Å². The van der Waals surface area contributed by atoms with Crippen LogP contribution in [0.3, 0.4) is 0 Å². The summed E-state index contributed by atoms with van der Waals surface area (Å²) >= 11 is 0. The molecular weight excluding hydrogens is 172 g/mol. The Labute approximate surface area is 86.7 Å². The molecule has 1 rings (SSSR count). The molecule has 0 heterocycles. The van der Waals surface area contributed by atoms with E-state index in [0.717, 1.165) is 0 Å². The minimum Gasteiger partial charge on any atom is -0.255 e. The minimum absolute atomic E-state index is 0.0362. The van der Waals surface area contributed by atoms with E-state index in [1.54, 1.807) is 0 Å². The Balaban J connectivity index is 2.66. The lowest BCUT2D eigenvalue weighted by Crippen LogP contribution is -2.48. The highest BCUT2D eigenvalue weighted by atomic mass is 15.4. The zero-order valence-electron chi connectivity index (χ0n) is 9.46. The molecule has 1 aromatic carbocycles. The van der Waals surface area contributed by atoms with Crippen LogP contribution in [-0.2, 0) is 5.54 Å². The lowest BCUT2D eigenvalue weighted by atomic mass is 9.95. The van der Waals surface area contributed by atoms with Crippen LogP contribution in [0.5, 0.6) is 0 Å². The van der Waals surface area contributed by atoms with Crippen LogP contribution in [-0.4, -0.2) is 6.04 Å². The Hall–Kier alpha value is -0.860. The highest BCUT2D eigenvalue weighted by Gasteiger charge is 2.19. The summed E-state index contributed by atoms with van der Waals surface area (Å²) in [6, 6.07) is 10.9. The average molecular weight is 192 g/mol. The lowest BCUT2D eigenvalue weighted by molar-refractivity contribution is 0.315. The fraction of sp³-hybridized carbons (Fsp3) is 0.500. The molecule has 2 N–H and O–H groups in total. The molecule has 0 aliphatic carbocycles. The van der Waals surface area contributed by atoms with E-state index < -0.39 is 0 Å². The number of rotatable bonds is 4. The van der Waals surface area contributed by atoms with Gasteiger partial charge in [-0.25, -0.2) is 5.43 Å². The quantitative estimate of drug-likeness (QED) is 0.716. The molecule has 0 bridgehead atoms. The summed E-state index contributed by atoms with van der Waals surface area (Å²) in [6.07, 6.45) is 0. The molecular formula is C12H20N2. The van der Waals surface area contributed by atoms with E-state index in [1.165, 1.54) is 5.56 Å². The predicted molar refractivity (Wildman–Crippen MR) is 60.9 cm³/mol. The maximum Gasteiger partial charge on any atom is 0.0515 e. The van der Waals surface area contributed by atoms with Gasteiger partial charge in [0.1, 0.15) is 0 Å². The molecule has 0 radical (unpaired) electrons. The second kappa shape index (κ2) is 4.58. The van der Waals surface area contributed by atoms with Crippen LogP contribution in [0.1, 0.15) is 33.3 Å². The van der Waals surface area contributed by atoms with Crippen molar-refractivity contribution in [3.05, 3.63) is 35.9 Å². The van der Waals surface area contributed by atoms with Crippen LogP contribution in [0, 0.1) is 0 Å². The van der Waals surface area contributed by atoms with Crippen LogP contribution >= 0.6 is 0 Å². The van der Waals surface area contributed by atoms with Gasteiger partial charge < -0.3 is 0 Å². The topological polar surface area (TPSA) is 24.1 Å². The standard InChI is InChI=1S/C12H20N2/c1-10(2)13-14-12(3,4)11-8-6-5-7-9-11/h5-10,13-14H,1-4H3. The zero-order chi connectivity index (χ0) is 10.6. The maximum atomic E-state index is 3.32. The van der Waals surface area contributed by atoms with Crippen LogP contribution in [0.25, 0.3) is 0 Å². The van der Waals surface area contributed by atoms with E-state index in [1.807, 2.05) is 6.07 Å². The SMILES string of the molecule is CC(C)NNC(C)(C)c1ccccc1. The third-order valence-electron chi connectivity index (χ3n) is 2.17. The second-order valence-electron chi connectivity index (χ2n) is 4.42. The van der Waals surface area contributed by atoms with E-state index in [9.17, 15) is 0 Å². The minimum atomic E-state index is -0.0362. The summed E-state index contributed by atoms with van der Waals surface area (Å²) in [4.78, 5) is 0. The Morgan fingerprint density at radius 2 is 1.64 bits per heavy atom. The monoisotopic (exact) mass is 192 g/mol. The van der Waals surface area contributed by atoms with Gasteiger partial charge in [0.05, 0.1) is 5.54 Å². The molecule has 1 aromatic rings. The zero-order valence-corrected chi connectivity index (χ0v) is 9.46. The smallest absolute Gasteiger partial charge is 0.0515 e. The normalized spacial score (nSPS) is 12.1. The molecule has 14 heavy (non-hydrogen) atoms. The van der Waals surface area contributed by atoms with Crippen molar-refractivity contribution in [3.63, 3.8) is 0 Å². The first-order valence-corrected chi connectivity index (χ1v) is 5.10. The fourth-order valence-corrected chi connectivity index (χ4v) is 1.25. The van der Waals surface area contributed by atoms with Gasteiger partial charge in [-0.15, -0.1) is 0 Å². The maximum absolute atomic E-state index is 3.32. The van der Waals surface area contributed by atoms with E-state index >= 15 is 0 Å². The van der Waals surface area contributed by atoms with E-state index in [-0.39, 0.29) is 5.54 Å². The van der Waals surface area contributed by atoms with Gasteiger partial charge in [-0.2, -0.15) is 0 Å². The fourth-order valence-electron chi connectivity index (χ4n) is 1.25. The molecule has 0 saturated heterocycles. The highest BCUT2D eigenvalue weighted by molar-refractivity contribution is 5.22. The summed E-state index contributed by atoms with van der Waals surface area (Å²) in [5.74, 6) is 0. The van der Waals surface area contributed by atoms with E-state index in [0.29, 0.717) is 6.04 Å². The van der Waals surface area contributed by atoms with Crippen molar-refractivity contribution in [1.29, 1.82) is 0 Å². The molecule has 2 heteroatoms. The van der Waals surface area contributed by atoms with Gasteiger partial charge in [0.15, 0.2) is 0 Å². The number of benzene rings is 1. The van der Waals surface area contributed by atoms with Crippen molar-refractivity contribution in [3.8, 4) is 0 Å². The van der Waals surface area contributed by atoms with Crippen molar-refractivity contribution < 1.29 is 0 Å². The van der Waals surface area contributed by atoms with Gasteiger partial charge in [0, 0.05) is 6.04 Å². The molecule has 2 nitrogen and oxygen atoms in total. The number of hydrogen-bond acceptors (Lipinski definition) is 2. The molecule has 0 spiro atoms. The third kappa shape index (κ3) is 3.13. The van der Waals surface area contributed by atoms with Gasteiger partial charge in [-0.1, -0.05) is 30.3 Å². The molecule has 0 amide bonds. The molecule has 0 fully saturated rings. The first-order valence-electron chi connectivity index (χ1n) is 5.10. The highest BCUT2D eigenvalue weighted by Crippen LogP contribution is 2.18. The summed E-state index contributed by atoms with van der Waals surface area (Å²) in [7, 11) is 0. The van der Waals surface area contributed by atoms with Crippen molar-refractivity contribution in [2.45, 2.75) is 39.3 Å². The van der Waals surface area contributed by atoms with Gasteiger partial charge in [-0.05, 0) is 33.3 Å².